The maximum atomic E-state index is 9.72. The van der Waals surface area contributed by atoms with E-state index in [-0.39, 0.29) is 5.54 Å². The van der Waals surface area contributed by atoms with E-state index in [1.54, 1.807) is 0 Å². The van der Waals surface area contributed by atoms with Gasteiger partial charge in [-0.3, -0.25) is 0 Å². The van der Waals surface area contributed by atoms with Gasteiger partial charge in [0.25, 0.3) is 0 Å². The first-order chi connectivity index (χ1) is 6.64. The van der Waals surface area contributed by atoms with Crippen LogP contribution in [0.25, 0.3) is 0 Å². The molecule has 2 N–H and O–H groups in total. The van der Waals surface area contributed by atoms with Crippen molar-refractivity contribution in [2.24, 2.45) is 5.92 Å². The Kier molecular flexibility index (Phi) is 3.99. The minimum absolute atomic E-state index is 0.0231. The van der Waals surface area contributed by atoms with Gasteiger partial charge in [-0.25, -0.2) is 0 Å². The normalized spacial score (nSPS) is 30.6. The van der Waals surface area contributed by atoms with Gasteiger partial charge in [0.1, 0.15) is 0 Å². The van der Waals surface area contributed by atoms with Gasteiger partial charge in [0, 0.05) is 12.0 Å². The van der Waals surface area contributed by atoms with Crippen molar-refractivity contribution >= 4 is 0 Å². The van der Waals surface area contributed by atoms with Gasteiger partial charge >= 0.3 is 0 Å². The number of hydrogen-bond donors (Lipinski definition) is 2. The Hall–Kier alpha value is -0.500. The average molecular weight is 197 g/mol. The van der Waals surface area contributed by atoms with Gasteiger partial charge in [-0.1, -0.05) is 26.7 Å². The molecule has 0 spiro atoms. The fraction of sp³-hybridized carbons (Fsp3) is 0.833. The van der Waals surface area contributed by atoms with Gasteiger partial charge < -0.3 is 10.4 Å². The maximum absolute atomic E-state index is 9.72. The number of hydrogen-bond acceptors (Lipinski definition) is 2. The van der Waals surface area contributed by atoms with E-state index < -0.39 is 0 Å². The molecule has 2 heteroatoms. The van der Waals surface area contributed by atoms with Crippen molar-refractivity contribution in [2.75, 3.05) is 7.05 Å². The first kappa shape index (κ1) is 11.6. The van der Waals surface area contributed by atoms with Crippen LogP contribution in [0, 0.1) is 5.92 Å². The third-order valence-electron chi connectivity index (χ3n) is 3.65. The zero-order valence-corrected chi connectivity index (χ0v) is 9.64. The number of rotatable bonds is 3. The lowest BCUT2D eigenvalue weighted by Crippen LogP contribution is -2.46. The van der Waals surface area contributed by atoms with Crippen LogP contribution in [0.3, 0.4) is 0 Å². The fourth-order valence-corrected chi connectivity index (χ4v) is 2.36. The summed E-state index contributed by atoms with van der Waals surface area (Å²) in [7, 11) is 2.00. The van der Waals surface area contributed by atoms with Gasteiger partial charge in [-0.15, -0.1) is 0 Å². The van der Waals surface area contributed by atoms with E-state index in [4.69, 9.17) is 0 Å². The predicted octanol–water partition coefficient (Wildman–Crippen LogP) is 3.01. The van der Waals surface area contributed by atoms with Gasteiger partial charge in [-0.2, -0.15) is 0 Å². The highest BCUT2D eigenvalue weighted by Crippen LogP contribution is 2.32. The molecule has 2 nitrogen and oxygen atoms in total. The summed E-state index contributed by atoms with van der Waals surface area (Å²) in [6, 6.07) is 0. The third kappa shape index (κ3) is 2.30. The number of aliphatic hydroxyl groups excluding tert-OH is 1. The molecular weight excluding hydrogens is 174 g/mol. The fourth-order valence-electron chi connectivity index (χ4n) is 2.36. The van der Waals surface area contributed by atoms with Gasteiger partial charge in [0.05, 0.1) is 5.76 Å². The minimum Gasteiger partial charge on any atom is -0.513 e. The summed E-state index contributed by atoms with van der Waals surface area (Å²) in [6.07, 6.45) is 7.50. The van der Waals surface area contributed by atoms with Crippen LogP contribution in [-0.4, -0.2) is 17.7 Å². The van der Waals surface area contributed by atoms with Gasteiger partial charge in [0.2, 0.25) is 0 Å². The second-order valence-electron chi connectivity index (χ2n) is 4.44. The smallest absolute Gasteiger partial charge is 0.0901 e. The Morgan fingerprint density at radius 2 is 2.29 bits per heavy atom. The summed E-state index contributed by atoms with van der Waals surface area (Å²) in [6.45, 7) is 4.46. The first-order valence-corrected chi connectivity index (χ1v) is 5.74. The van der Waals surface area contributed by atoms with Crippen molar-refractivity contribution in [1.82, 2.24) is 5.32 Å². The van der Waals surface area contributed by atoms with E-state index in [2.05, 4.69) is 19.2 Å². The molecule has 1 aliphatic carbocycles. The highest BCUT2D eigenvalue weighted by Gasteiger charge is 2.32. The highest BCUT2D eigenvalue weighted by molar-refractivity contribution is 5.13. The quantitative estimate of drug-likeness (QED) is 0.729. The average Bonchev–Trinajstić information content (AvgIpc) is 2.39. The van der Waals surface area contributed by atoms with E-state index in [0.29, 0.717) is 11.7 Å². The maximum Gasteiger partial charge on any atom is 0.0901 e. The molecule has 0 aromatic heterocycles. The van der Waals surface area contributed by atoms with Crippen LogP contribution in [0.15, 0.2) is 11.8 Å². The molecule has 0 aromatic carbocycles. The predicted molar refractivity (Wildman–Crippen MR) is 60.4 cm³/mol. The molecule has 0 heterocycles. The zero-order valence-electron chi connectivity index (χ0n) is 9.64. The Labute approximate surface area is 87.4 Å². The molecule has 14 heavy (non-hydrogen) atoms. The highest BCUT2D eigenvalue weighted by atomic mass is 16.3. The molecule has 82 valence electrons. The summed E-state index contributed by atoms with van der Waals surface area (Å²) in [5.41, 5.74) is 0.0231. The Morgan fingerprint density at radius 3 is 2.86 bits per heavy atom. The summed E-state index contributed by atoms with van der Waals surface area (Å²) in [5.74, 6) is 1.14. The van der Waals surface area contributed by atoms with E-state index >= 15 is 0 Å². The lowest BCUT2D eigenvalue weighted by atomic mass is 9.80. The van der Waals surface area contributed by atoms with Crippen molar-refractivity contribution in [3.8, 4) is 0 Å². The second kappa shape index (κ2) is 4.83. The largest absolute Gasteiger partial charge is 0.513 e. The summed E-state index contributed by atoms with van der Waals surface area (Å²) >= 11 is 0. The molecule has 2 atom stereocenters. The Bertz CT molecular complexity index is 212. The van der Waals surface area contributed by atoms with E-state index in [9.17, 15) is 5.11 Å². The molecule has 0 saturated carbocycles. The molecule has 1 rings (SSSR count). The lowest BCUT2D eigenvalue weighted by molar-refractivity contribution is 0.267. The van der Waals surface area contributed by atoms with Crippen molar-refractivity contribution in [2.45, 2.75) is 51.5 Å². The minimum atomic E-state index is 0.0231. The van der Waals surface area contributed by atoms with Crippen molar-refractivity contribution in [1.29, 1.82) is 0 Å². The Balaban J connectivity index is 2.89. The Morgan fingerprint density at radius 1 is 1.57 bits per heavy atom. The number of aliphatic hydroxyl groups is 1. The standard InChI is InChI=1S/C12H23NO/c1-4-10(2)12(13-3)8-6-5-7-11(14)9-12/h9-10,13-14H,4-8H2,1-3H3. The molecule has 0 amide bonds. The summed E-state index contributed by atoms with van der Waals surface area (Å²) in [5, 5.41) is 13.1. The van der Waals surface area contributed by atoms with Crippen LogP contribution in [0.2, 0.25) is 0 Å². The molecule has 0 bridgehead atoms. The molecular formula is C12H23NO. The van der Waals surface area contributed by atoms with E-state index in [1.165, 1.54) is 6.42 Å². The molecule has 0 saturated heterocycles. The monoisotopic (exact) mass is 197 g/mol. The zero-order chi connectivity index (χ0) is 10.6. The number of nitrogens with one attached hydrogen (secondary N) is 1. The molecule has 0 radical (unpaired) electrons. The van der Waals surface area contributed by atoms with Crippen molar-refractivity contribution in [3.05, 3.63) is 11.8 Å². The summed E-state index contributed by atoms with van der Waals surface area (Å²) < 4.78 is 0. The molecule has 0 fully saturated rings. The van der Waals surface area contributed by atoms with Gasteiger partial charge in [0.15, 0.2) is 0 Å². The molecule has 1 aliphatic rings. The molecule has 2 unspecified atom stereocenters. The van der Waals surface area contributed by atoms with Crippen LogP contribution < -0.4 is 5.32 Å². The van der Waals surface area contributed by atoms with Crippen molar-refractivity contribution in [3.63, 3.8) is 0 Å². The number of allylic oxidation sites excluding steroid dienone is 1. The van der Waals surface area contributed by atoms with Crippen LogP contribution in [-0.2, 0) is 0 Å². The lowest BCUT2D eigenvalue weighted by Gasteiger charge is -2.35. The second-order valence-corrected chi connectivity index (χ2v) is 4.44. The van der Waals surface area contributed by atoms with Crippen LogP contribution in [0.4, 0.5) is 0 Å². The number of likely N-dealkylation sites (N-methyl/N-ethyl adjacent to an activating group) is 1. The van der Waals surface area contributed by atoms with Crippen LogP contribution >= 0.6 is 0 Å². The van der Waals surface area contributed by atoms with Crippen LogP contribution in [0.1, 0.15) is 46.0 Å². The third-order valence-corrected chi connectivity index (χ3v) is 3.65. The van der Waals surface area contributed by atoms with Gasteiger partial charge in [-0.05, 0) is 31.9 Å². The summed E-state index contributed by atoms with van der Waals surface area (Å²) in [4.78, 5) is 0. The molecule has 0 aromatic rings. The molecule has 0 aliphatic heterocycles. The SMILES string of the molecule is CCC(C)C1(NC)C=C(O)CCCC1. The van der Waals surface area contributed by atoms with E-state index in [1.807, 2.05) is 13.1 Å². The van der Waals surface area contributed by atoms with Crippen molar-refractivity contribution < 1.29 is 5.11 Å². The van der Waals surface area contributed by atoms with Crippen LogP contribution in [0.5, 0.6) is 0 Å². The topological polar surface area (TPSA) is 32.3 Å². The van der Waals surface area contributed by atoms with E-state index in [0.717, 1.165) is 25.7 Å². The first-order valence-electron chi connectivity index (χ1n) is 5.74.